The molecule has 10 heteroatoms. The third-order valence-electron chi connectivity index (χ3n) is 6.73. The smallest absolute Gasteiger partial charge is 0.242 e. The maximum absolute atomic E-state index is 15.7. The second-order valence-electron chi connectivity index (χ2n) is 10.5. The summed E-state index contributed by atoms with van der Waals surface area (Å²) in [6.45, 7) is 5.94. The first-order valence-electron chi connectivity index (χ1n) is 11.9. The zero-order valence-corrected chi connectivity index (χ0v) is 24.5. The molecule has 1 fully saturated rings. The highest BCUT2D eigenvalue weighted by Gasteiger charge is 2.61. The van der Waals surface area contributed by atoms with E-state index in [9.17, 15) is 10.1 Å². The van der Waals surface area contributed by atoms with Gasteiger partial charge in [0, 0.05) is 22.5 Å². The van der Waals surface area contributed by atoms with Gasteiger partial charge in [0.15, 0.2) is 0 Å². The highest BCUT2D eigenvalue weighted by atomic mass is 127. The van der Waals surface area contributed by atoms with Crippen LogP contribution in [0.25, 0.3) is 0 Å². The Morgan fingerprint density at radius 2 is 1.95 bits per heavy atom. The van der Waals surface area contributed by atoms with Gasteiger partial charge in [-0.2, -0.15) is 5.26 Å². The fraction of sp³-hybridized carbons (Fsp3) is 0.321. The fourth-order valence-corrected chi connectivity index (χ4v) is 5.89. The van der Waals surface area contributed by atoms with Gasteiger partial charge in [-0.3, -0.25) is 4.79 Å². The predicted molar refractivity (Wildman–Crippen MR) is 153 cm³/mol. The minimum absolute atomic E-state index is 0.0294. The van der Waals surface area contributed by atoms with Gasteiger partial charge in [-0.1, -0.05) is 62.2 Å². The summed E-state index contributed by atoms with van der Waals surface area (Å²) < 4.78 is 32.0. The number of carbonyl (C=O) groups is 1. The van der Waals surface area contributed by atoms with Gasteiger partial charge in [-0.15, -0.1) is 0 Å². The number of aromatic nitrogens is 1. The topological polar surface area (TPSA) is 77.8 Å². The number of hydrogen-bond donors (Lipinski definition) is 2. The van der Waals surface area contributed by atoms with Gasteiger partial charge in [0.1, 0.15) is 20.8 Å². The normalized spacial score (nSPS) is 23.2. The maximum Gasteiger partial charge on any atom is 0.242 e. The van der Waals surface area contributed by atoms with Crippen molar-refractivity contribution in [3.63, 3.8) is 0 Å². The molecule has 1 amide bonds. The summed E-state index contributed by atoms with van der Waals surface area (Å²) in [6, 6.07) is 12.4. The van der Waals surface area contributed by atoms with E-state index in [-0.39, 0.29) is 26.6 Å². The molecule has 2 aromatic carbocycles. The van der Waals surface area contributed by atoms with Crippen LogP contribution < -0.4 is 10.6 Å². The van der Waals surface area contributed by atoms with Crippen LogP contribution in [-0.4, -0.2) is 23.0 Å². The van der Waals surface area contributed by atoms with Gasteiger partial charge >= 0.3 is 0 Å². The molecule has 1 saturated heterocycles. The van der Waals surface area contributed by atoms with Crippen LogP contribution in [0.1, 0.15) is 44.2 Å². The quantitative estimate of drug-likeness (QED) is 0.222. The Morgan fingerprint density at radius 1 is 1.21 bits per heavy atom. The van der Waals surface area contributed by atoms with Crippen molar-refractivity contribution in [2.24, 2.45) is 5.41 Å². The second-order valence-corrected chi connectivity index (χ2v) is 12.5. The third kappa shape index (κ3) is 5.53. The van der Waals surface area contributed by atoms with E-state index in [0.29, 0.717) is 12.1 Å². The number of amides is 1. The monoisotopic (exact) mass is 668 g/mol. The van der Waals surface area contributed by atoms with E-state index in [2.05, 4.69) is 44.3 Å². The molecule has 4 rings (SSSR count). The summed E-state index contributed by atoms with van der Waals surface area (Å²) >= 11 is 14.3. The molecule has 38 heavy (non-hydrogen) atoms. The Bertz CT molecular complexity index is 1410. The Hall–Kier alpha value is -2.32. The zero-order valence-electron chi connectivity index (χ0n) is 20.8. The Kier molecular flexibility index (Phi) is 8.34. The summed E-state index contributed by atoms with van der Waals surface area (Å²) in [4.78, 5) is 18.0. The van der Waals surface area contributed by atoms with Crippen molar-refractivity contribution < 1.29 is 13.6 Å². The molecule has 0 saturated carbocycles. The Morgan fingerprint density at radius 3 is 2.55 bits per heavy atom. The molecule has 0 spiro atoms. The van der Waals surface area contributed by atoms with Crippen molar-refractivity contribution in [3.8, 4) is 6.07 Å². The summed E-state index contributed by atoms with van der Waals surface area (Å²) in [7, 11) is 0. The van der Waals surface area contributed by atoms with Crippen LogP contribution >= 0.6 is 45.8 Å². The number of nitrogens with one attached hydrogen (secondary N) is 2. The first-order chi connectivity index (χ1) is 17.9. The maximum atomic E-state index is 15.7. The molecule has 198 valence electrons. The molecule has 5 nitrogen and oxygen atoms in total. The molecule has 2 heterocycles. The lowest BCUT2D eigenvalue weighted by Crippen LogP contribution is -2.45. The van der Waals surface area contributed by atoms with Gasteiger partial charge in [0.05, 0.1) is 29.0 Å². The molecular weight excluding hydrogens is 644 g/mol. The van der Waals surface area contributed by atoms with Crippen LogP contribution in [0.4, 0.5) is 14.5 Å². The van der Waals surface area contributed by atoms with E-state index in [1.807, 2.05) is 20.8 Å². The van der Waals surface area contributed by atoms with E-state index in [1.54, 1.807) is 18.2 Å². The van der Waals surface area contributed by atoms with Crippen molar-refractivity contribution in [2.45, 2.75) is 50.6 Å². The van der Waals surface area contributed by atoms with Gasteiger partial charge < -0.3 is 10.6 Å². The van der Waals surface area contributed by atoms with Crippen LogP contribution in [0.15, 0.2) is 54.7 Å². The van der Waals surface area contributed by atoms with E-state index in [4.69, 9.17) is 23.2 Å². The standard InChI is InChI=1S/C28H25Cl2F2IN4O/c1-27(2,3)12-21-28(14-34,18-9-7-15(29)11-20(18)31)23(17-5-4-6-19(30)24(17)32)25(37-21)26(38)36-16-8-10-22(33)35-13-16/h4-11,13,21,23,25,37H,12H2,1-3H3,(H,36,38)/t21-,23-,25+,28-/m0/s1. The van der Waals surface area contributed by atoms with Crippen molar-refractivity contribution in [2.75, 3.05) is 5.32 Å². The molecule has 1 aromatic heterocycles. The number of benzene rings is 2. The van der Waals surface area contributed by atoms with E-state index >= 15 is 8.78 Å². The molecule has 4 atom stereocenters. The lowest BCUT2D eigenvalue weighted by atomic mass is 9.62. The van der Waals surface area contributed by atoms with Crippen molar-refractivity contribution in [1.82, 2.24) is 10.3 Å². The van der Waals surface area contributed by atoms with Crippen LogP contribution in [0.2, 0.25) is 10.0 Å². The molecule has 0 aliphatic carbocycles. The van der Waals surface area contributed by atoms with Crippen LogP contribution in [0.5, 0.6) is 0 Å². The zero-order chi connectivity index (χ0) is 27.8. The fourth-order valence-electron chi connectivity index (χ4n) is 5.23. The van der Waals surface area contributed by atoms with Gasteiger partial charge in [0.2, 0.25) is 5.91 Å². The molecule has 0 unspecified atom stereocenters. The third-order valence-corrected chi connectivity index (χ3v) is 7.89. The van der Waals surface area contributed by atoms with E-state index in [1.165, 1.54) is 30.5 Å². The Labute approximate surface area is 244 Å². The van der Waals surface area contributed by atoms with Gasteiger partial charge in [-0.25, -0.2) is 13.8 Å². The highest BCUT2D eigenvalue weighted by Crippen LogP contribution is 2.52. The highest BCUT2D eigenvalue weighted by molar-refractivity contribution is 14.1. The number of hydrogen-bond acceptors (Lipinski definition) is 4. The molecule has 0 radical (unpaired) electrons. The lowest BCUT2D eigenvalue weighted by molar-refractivity contribution is -0.118. The minimum atomic E-state index is -1.68. The van der Waals surface area contributed by atoms with E-state index in [0.717, 1.165) is 9.77 Å². The molecule has 1 aliphatic heterocycles. The predicted octanol–water partition coefficient (Wildman–Crippen LogP) is 7.23. The number of nitrogens with zero attached hydrogens (tertiary/aromatic N) is 2. The second kappa shape index (κ2) is 11.0. The average molecular weight is 669 g/mol. The number of halogens is 5. The van der Waals surface area contributed by atoms with Crippen molar-refractivity contribution >= 4 is 57.4 Å². The summed E-state index contributed by atoms with van der Waals surface area (Å²) in [5.74, 6) is -3.12. The van der Waals surface area contributed by atoms with Gasteiger partial charge in [-0.05, 0) is 70.3 Å². The number of anilines is 1. The number of carbonyl (C=O) groups excluding carboxylic acids is 1. The molecule has 2 N–H and O–H groups in total. The Balaban J connectivity index is 1.96. The SMILES string of the molecule is CC(C)(C)C[C@@H]1N[C@@H](C(=O)Nc2ccc(I)nc2)[C@H](c2cccc(Cl)c2F)[C@@]1(C#N)c1ccc(Cl)cc1F. The first-order valence-corrected chi connectivity index (χ1v) is 13.7. The lowest BCUT2D eigenvalue weighted by Gasteiger charge is -2.37. The molecule has 3 aromatic rings. The largest absolute Gasteiger partial charge is 0.323 e. The number of rotatable bonds is 5. The van der Waals surface area contributed by atoms with Crippen molar-refractivity contribution in [3.05, 3.63) is 91.2 Å². The van der Waals surface area contributed by atoms with Crippen LogP contribution in [0, 0.1) is 32.1 Å². The molecular formula is C28H25Cl2F2IN4O. The van der Waals surface area contributed by atoms with Gasteiger partial charge in [0.25, 0.3) is 0 Å². The molecule has 0 bridgehead atoms. The van der Waals surface area contributed by atoms with Crippen LogP contribution in [0.3, 0.4) is 0 Å². The van der Waals surface area contributed by atoms with Crippen molar-refractivity contribution in [1.29, 1.82) is 5.26 Å². The summed E-state index contributed by atoms with van der Waals surface area (Å²) in [5.41, 5.74) is -1.51. The average Bonchev–Trinajstić information content (AvgIpc) is 3.15. The minimum Gasteiger partial charge on any atom is -0.323 e. The summed E-state index contributed by atoms with van der Waals surface area (Å²) in [6.07, 6.45) is 1.89. The first kappa shape index (κ1) is 28.7. The number of nitriles is 1. The number of pyridine rings is 1. The summed E-state index contributed by atoms with van der Waals surface area (Å²) in [5, 5.41) is 17.0. The van der Waals surface area contributed by atoms with Crippen LogP contribution in [-0.2, 0) is 10.2 Å². The molecule has 1 aliphatic rings. The van der Waals surface area contributed by atoms with E-state index < -0.39 is 41.0 Å².